The Morgan fingerprint density at radius 3 is 2.60 bits per heavy atom. The lowest BCUT2D eigenvalue weighted by Crippen LogP contribution is -2.40. The molecular weight excluding hydrogens is 555 g/mol. The molecule has 1 N–H and O–H groups in total. The number of anilines is 1. The molecule has 0 aliphatic carbocycles. The van der Waals surface area contributed by atoms with E-state index < -0.39 is 35.1 Å². The number of imidazole rings is 1. The minimum Gasteiger partial charge on any atom is -0.337 e. The fourth-order valence-corrected chi connectivity index (χ4v) is 4.80. The van der Waals surface area contributed by atoms with Crippen LogP contribution >= 0.6 is 11.3 Å². The fourth-order valence-electron chi connectivity index (χ4n) is 4.07. The van der Waals surface area contributed by atoms with E-state index in [0.29, 0.717) is 16.4 Å². The van der Waals surface area contributed by atoms with Gasteiger partial charge in [-0.1, -0.05) is 5.16 Å². The molecule has 17 heteroatoms. The summed E-state index contributed by atoms with van der Waals surface area (Å²) < 4.78 is 47.5. The zero-order valence-electron chi connectivity index (χ0n) is 21.3. The monoisotopic (exact) mass is 575 g/mol. The Morgan fingerprint density at radius 1 is 1.20 bits per heavy atom. The van der Waals surface area contributed by atoms with Gasteiger partial charge in [0.05, 0.1) is 6.33 Å². The van der Waals surface area contributed by atoms with Crippen molar-refractivity contribution in [2.75, 3.05) is 5.32 Å². The van der Waals surface area contributed by atoms with Crippen LogP contribution in [0.4, 0.5) is 19.0 Å². The van der Waals surface area contributed by atoms with Gasteiger partial charge in [0.25, 0.3) is 5.56 Å². The van der Waals surface area contributed by atoms with E-state index in [2.05, 4.69) is 30.4 Å². The van der Waals surface area contributed by atoms with Crippen LogP contribution in [0.25, 0.3) is 21.7 Å². The van der Waals surface area contributed by atoms with Crippen molar-refractivity contribution in [2.24, 2.45) is 7.05 Å². The Labute approximate surface area is 225 Å². The van der Waals surface area contributed by atoms with Crippen LogP contribution in [-0.2, 0) is 24.6 Å². The maximum Gasteiger partial charge on any atom is 0.433 e. The predicted octanol–water partition coefficient (Wildman–Crippen LogP) is 2.68. The molecule has 5 heterocycles. The Morgan fingerprint density at radius 2 is 1.95 bits per heavy atom. The highest BCUT2D eigenvalue weighted by Gasteiger charge is 2.34. The van der Waals surface area contributed by atoms with E-state index in [0.717, 1.165) is 22.1 Å². The Bertz CT molecular complexity index is 1880. The molecule has 1 atom stereocenters. The maximum atomic E-state index is 13.3. The smallest absolute Gasteiger partial charge is 0.337 e. The van der Waals surface area contributed by atoms with Crippen LogP contribution in [0.3, 0.4) is 0 Å². The first kappa shape index (κ1) is 26.9. The third-order valence-corrected chi connectivity index (χ3v) is 6.96. The molecule has 208 valence electrons. The molecule has 0 bridgehead atoms. The van der Waals surface area contributed by atoms with Gasteiger partial charge in [-0.2, -0.15) is 18.2 Å². The van der Waals surface area contributed by atoms with Gasteiger partial charge in [0.1, 0.15) is 29.1 Å². The van der Waals surface area contributed by atoms with E-state index in [4.69, 9.17) is 4.52 Å². The number of thiazole rings is 1. The van der Waals surface area contributed by atoms with Crippen LogP contribution in [0.15, 0.2) is 38.1 Å². The summed E-state index contributed by atoms with van der Waals surface area (Å²) in [5, 5.41) is 8.18. The number of rotatable bonds is 6. The lowest BCUT2D eigenvalue weighted by atomic mass is 10.1. The summed E-state index contributed by atoms with van der Waals surface area (Å²) in [6, 6.07) is 0.361. The first-order valence-corrected chi connectivity index (χ1v) is 12.5. The molecule has 5 rings (SSSR count). The number of pyridine rings is 1. The van der Waals surface area contributed by atoms with E-state index in [1.165, 1.54) is 47.8 Å². The molecule has 5 aromatic rings. The minimum absolute atomic E-state index is 0.00579. The topological polar surface area (TPSA) is 156 Å². The number of alkyl halides is 3. The molecule has 13 nitrogen and oxygen atoms in total. The second kappa shape index (κ2) is 9.82. The summed E-state index contributed by atoms with van der Waals surface area (Å²) in [5.41, 5.74) is -1.94. The number of nitrogens with one attached hydrogen (secondary N) is 1. The van der Waals surface area contributed by atoms with Gasteiger partial charge in [-0.3, -0.25) is 19.1 Å². The largest absolute Gasteiger partial charge is 0.433 e. The molecular formula is C23H20F3N9O4S. The zero-order valence-corrected chi connectivity index (χ0v) is 22.2. The first-order chi connectivity index (χ1) is 18.8. The third kappa shape index (κ3) is 4.78. The molecule has 0 saturated carbocycles. The zero-order chi connectivity index (χ0) is 28.9. The minimum atomic E-state index is -4.57. The summed E-state index contributed by atoms with van der Waals surface area (Å²) in [4.78, 5) is 55.3. The number of halogens is 3. The van der Waals surface area contributed by atoms with Gasteiger partial charge >= 0.3 is 11.9 Å². The molecule has 1 unspecified atom stereocenters. The Hall–Kier alpha value is -4.67. The van der Waals surface area contributed by atoms with E-state index in [-0.39, 0.29) is 35.0 Å². The van der Waals surface area contributed by atoms with Crippen LogP contribution in [0.5, 0.6) is 0 Å². The highest BCUT2D eigenvalue weighted by Crippen LogP contribution is 2.33. The van der Waals surface area contributed by atoms with E-state index in [9.17, 15) is 27.6 Å². The Balaban J connectivity index is 1.41. The molecule has 1 amide bonds. The van der Waals surface area contributed by atoms with Crippen molar-refractivity contribution in [3.63, 3.8) is 0 Å². The number of amides is 1. The van der Waals surface area contributed by atoms with Crippen molar-refractivity contribution in [3.8, 4) is 10.6 Å². The highest BCUT2D eigenvalue weighted by atomic mass is 32.1. The Kier molecular flexibility index (Phi) is 6.61. The molecule has 0 aliphatic heterocycles. The highest BCUT2D eigenvalue weighted by molar-refractivity contribution is 7.13. The third-order valence-electron chi connectivity index (χ3n) is 6.07. The van der Waals surface area contributed by atoms with Crippen LogP contribution in [0.1, 0.15) is 35.9 Å². The van der Waals surface area contributed by atoms with Crippen LogP contribution in [-0.4, -0.2) is 44.7 Å². The normalized spacial score (nSPS) is 12.7. The SMILES string of the molecule is Cc1noc(Cn2c(=O)c3c(ncn3C(C)C(=O)Nc3csc(-c4cnc(C(F)(F)F)c(C)c4)n3)n(C)c2=O)n1. The van der Waals surface area contributed by atoms with Gasteiger partial charge in [-0.25, -0.2) is 19.3 Å². The van der Waals surface area contributed by atoms with Crippen molar-refractivity contribution in [1.82, 2.24) is 38.8 Å². The number of carbonyl (C=O) groups excluding carboxylic acids is 1. The van der Waals surface area contributed by atoms with Gasteiger partial charge in [0.2, 0.25) is 11.8 Å². The lowest BCUT2D eigenvalue weighted by Gasteiger charge is -2.14. The van der Waals surface area contributed by atoms with Crippen LogP contribution in [0.2, 0.25) is 0 Å². The van der Waals surface area contributed by atoms with Crippen molar-refractivity contribution in [1.29, 1.82) is 0 Å². The van der Waals surface area contributed by atoms with Crippen molar-refractivity contribution in [3.05, 3.63) is 67.8 Å². The maximum absolute atomic E-state index is 13.3. The summed E-state index contributed by atoms with van der Waals surface area (Å²) in [6.45, 7) is 4.16. The predicted molar refractivity (Wildman–Crippen MR) is 136 cm³/mol. The number of fused-ring (bicyclic) bond motifs is 1. The van der Waals surface area contributed by atoms with Crippen molar-refractivity contribution < 1.29 is 22.5 Å². The molecule has 0 fully saturated rings. The lowest BCUT2D eigenvalue weighted by molar-refractivity contribution is -0.141. The van der Waals surface area contributed by atoms with Crippen LogP contribution < -0.4 is 16.6 Å². The number of nitrogens with zero attached hydrogens (tertiary/aromatic N) is 8. The standard InChI is InChI=1S/C23H20F3N9O4S/c1-10-5-13(6-27-17(10)23(24,25)26)20-31-14(8-40-20)30-19(36)11(2)35-9-28-18-16(35)21(37)34(22(38)33(18)4)7-15-29-12(3)32-39-15/h5-6,8-9,11H,7H2,1-4H3,(H,30,36). The molecule has 0 spiro atoms. The molecule has 40 heavy (non-hydrogen) atoms. The second-order valence-corrected chi connectivity index (χ2v) is 9.74. The number of aromatic nitrogens is 8. The molecule has 5 aromatic heterocycles. The van der Waals surface area contributed by atoms with Gasteiger partial charge < -0.3 is 14.4 Å². The average Bonchev–Trinajstić information content (AvgIpc) is 3.64. The first-order valence-electron chi connectivity index (χ1n) is 11.6. The fraction of sp³-hybridized carbons (Fsp3) is 0.304. The van der Waals surface area contributed by atoms with Gasteiger partial charge in [0.15, 0.2) is 17.0 Å². The number of aryl methyl sites for hydroxylation is 3. The average molecular weight is 576 g/mol. The molecule has 0 aromatic carbocycles. The number of carbonyl (C=O) groups is 1. The molecule has 0 radical (unpaired) electrons. The van der Waals surface area contributed by atoms with E-state index >= 15 is 0 Å². The molecule has 0 saturated heterocycles. The van der Waals surface area contributed by atoms with Crippen LogP contribution in [0, 0.1) is 13.8 Å². The second-order valence-electron chi connectivity index (χ2n) is 8.88. The summed E-state index contributed by atoms with van der Waals surface area (Å²) >= 11 is 1.11. The van der Waals surface area contributed by atoms with Crippen molar-refractivity contribution in [2.45, 2.75) is 39.5 Å². The summed E-state index contributed by atoms with van der Waals surface area (Å²) in [7, 11) is 1.44. The van der Waals surface area contributed by atoms with Gasteiger partial charge in [0, 0.05) is 24.2 Å². The summed E-state index contributed by atoms with van der Waals surface area (Å²) in [6.07, 6.45) is -2.22. The number of hydrogen-bond donors (Lipinski definition) is 1. The van der Waals surface area contributed by atoms with Gasteiger partial charge in [-0.15, -0.1) is 11.3 Å². The van der Waals surface area contributed by atoms with Crippen molar-refractivity contribution >= 4 is 34.2 Å². The van der Waals surface area contributed by atoms with E-state index in [1.807, 2.05) is 0 Å². The summed E-state index contributed by atoms with van der Waals surface area (Å²) in [5.74, 6) is 0.0116. The quantitative estimate of drug-likeness (QED) is 0.322. The van der Waals surface area contributed by atoms with E-state index in [1.54, 1.807) is 6.92 Å². The molecule has 0 aliphatic rings. The van der Waals surface area contributed by atoms with Gasteiger partial charge in [-0.05, 0) is 32.4 Å². The number of hydrogen-bond acceptors (Lipinski definition) is 10.